The summed E-state index contributed by atoms with van der Waals surface area (Å²) < 4.78 is 13.8. The Morgan fingerprint density at radius 2 is 1.86 bits per heavy atom. The van der Waals surface area contributed by atoms with Crippen molar-refractivity contribution in [2.45, 2.75) is 115 Å². The number of hydrogen-bond donors (Lipinski definition) is 0. The van der Waals surface area contributed by atoms with Crippen molar-refractivity contribution in [3.05, 3.63) is 11.8 Å². The summed E-state index contributed by atoms with van der Waals surface area (Å²) in [6, 6.07) is 4.08. The first kappa shape index (κ1) is 24.3. The summed E-state index contributed by atoms with van der Waals surface area (Å²) in [6.45, 7) is 17.4. The molecule has 1 aromatic heterocycles. The Morgan fingerprint density at radius 1 is 1.11 bits per heavy atom. The normalized spacial score (nSPS) is 37.7. The zero-order valence-electron chi connectivity index (χ0n) is 23.6. The average molecular weight is 512 g/mol. The summed E-state index contributed by atoms with van der Waals surface area (Å²) in [5, 5.41) is 5.18. The molecule has 2 spiro atoms. The molecule has 0 aromatic carbocycles. The van der Waals surface area contributed by atoms with Crippen LogP contribution in [-0.4, -0.2) is 87.3 Å². The van der Waals surface area contributed by atoms with Crippen LogP contribution in [0.15, 0.2) is 6.07 Å². The Kier molecular flexibility index (Phi) is 5.01. The molecule has 1 aromatic rings. The fourth-order valence-electron chi connectivity index (χ4n) is 8.82. The Bertz CT molecular complexity index is 1090. The second-order valence-electron chi connectivity index (χ2n) is 14.8. The molecule has 4 aliphatic heterocycles. The van der Waals surface area contributed by atoms with E-state index in [-0.39, 0.29) is 17.0 Å². The maximum Gasteiger partial charge on any atom is 0.410 e. The summed E-state index contributed by atoms with van der Waals surface area (Å²) in [5.74, 6) is 1.92. The van der Waals surface area contributed by atoms with Crippen molar-refractivity contribution in [2.75, 3.05) is 37.7 Å². The second-order valence-corrected chi connectivity index (χ2v) is 14.8. The van der Waals surface area contributed by atoms with Crippen LogP contribution in [0.25, 0.3) is 0 Å². The van der Waals surface area contributed by atoms with E-state index in [1.54, 1.807) is 0 Å². The van der Waals surface area contributed by atoms with Crippen LogP contribution in [0.5, 0.6) is 0 Å². The molecule has 5 atom stereocenters. The van der Waals surface area contributed by atoms with Crippen LogP contribution in [0.4, 0.5) is 10.6 Å². The van der Waals surface area contributed by atoms with E-state index in [0.717, 1.165) is 57.4 Å². The standard InChI is InChI=1S/C29H45N5O3/c1-19-11-24(30-34(19)22-13-28(14-22)17-31(18-28)25(35)37-26(2,3)4)32-10-8-21(12-27(32,5)6)33-23-16-36-15-20-7-9-29(20,23)33/h11,20-23H,7-10,12-18H2,1-6H3. The minimum absolute atomic E-state index is 0.0831. The number of aryl methyl sites for hydroxylation is 1. The predicted octanol–water partition coefficient (Wildman–Crippen LogP) is 4.37. The van der Waals surface area contributed by atoms with Crippen LogP contribution in [0.1, 0.15) is 84.9 Å². The Morgan fingerprint density at radius 3 is 2.49 bits per heavy atom. The topological polar surface area (TPSA) is 62.8 Å². The maximum atomic E-state index is 12.4. The number of piperidine rings is 1. The van der Waals surface area contributed by atoms with Crippen molar-refractivity contribution >= 4 is 11.9 Å². The molecular formula is C29H45N5O3. The summed E-state index contributed by atoms with van der Waals surface area (Å²) in [5.41, 5.74) is 1.66. The third-order valence-corrected chi connectivity index (χ3v) is 10.6. The Labute approximate surface area is 221 Å². The zero-order valence-corrected chi connectivity index (χ0v) is 23.6. The van der Waals surface area contributed by atoms with Gasteiger partial charge in [0.1, 0.15) is 5.60 Å². The van der Waals surface area contributed by atoms with Gasteiger partial charge in [0.25, 0.3) is 0 Å². The number of anilines is 1. The lowest BCUT2D eigenvalue weighted by atomic mass is 9.61. The van der Waals surface area contributed by atoms with Crippen LogP contribution < -0.4 is 4.90 Å². The molecule has 2 aliphatic carbocycles. The Balaban J connectivity index is 0.974. The number of hydrogen-bond acceptors (Lipinski definition) is 6. The first-order valence-corrected chi connectivity index (χ1v) is 14.6. The molecule has 2 saturated carbocycles. The van der Waals surface area contributed by atoms with E-state index >= 15 is 0 Å². The fourth-order valence-corrected chi connectivity index (χ4v) is 8.82. The van der Waals surface area contributed by atoms with Crippen LogP contribution >= 0.6 is 0 Å². The lowest BCUT2D eigenvalue weighted by molar-refractivity contribution is -0.0930. The SMILES string of the molecule is Cc1cc(N2CCC(N3C4COCC5CCC543)CC2(C)C)nn1C1CC2(C1)CN(C(=O)OC(C)(C)C)C2. The van der Waals surface area contributed by atoms with Crippen molar-refractivity contribution in [3.63, 3.8) is 0 Å². The maximum absolute atomic E-state index is 12.4. The molecule has 4 saturated heterocycles. The summed E-state index contributed by atoms with van der Waals surface area (Å²) >= 11 is 0. The van der Waals surface area contributed by atoms with Crippen molar-refractivity contribution in [1.29, 1.82) is 0 Å². The number of carbonyl (C=O) groups is 1. The molecule has 6 fully saturated rings. The van der Waals surface area contributed by atoms with Crippen molar-refractivity contribution < 1.29 is 14.3 Å². The highest BCUT2D eigenvalue weighted by molar-refractivity contribution is 5.69. The molecule has 8 nitrogen and oxygen atoms in total. The lowest BCUT2D eigenvalue weighted by Gasteiger charge is -2.58. The third-order valence-electron chi connectivity index (χ3n) is 10.6. The average Bonchev–Trinajstić information content (AvgIpc) is 3.30. The summed E-state index contributed by atoms with van der Waals surface area (Å²) in [4.78, 5) is 19.7. The fraction of sp³-hybridized carbons (Fsp3) is 0.862. The second kappa shape index (κ2) is 7.65. The number of amides is 1. The van der Waals surface area contributed by atoms with Crippen molar-refractivity contribution in [2.24, 2.45) is 11.3 Å². The smallest absolute Gasteiger partial charge is 0.410 e. The van der Waals surface area contributed by atoms with Gasteiger partial charge >= 0.3 is 6.09 Å². The molecule has 0 bridgehead atoms. The van der Waals surface area contributed by atoms with Gasteiger partial charge in [0.15, 0.2) is 5.82 Å². The molecule has 8 heteroatoms. The number of aromatic nitrogens is 2. The highest BCUT2D eigenvalue weighted by atomic mass is 16.6. The highest BCUT2D eigenvalue weighted by Gasteiger charge is 2.73. The van der Waals surface area contributed by atoms with Gasteiger partial charge in [-0.25, -0.2) is 4.79 Å². The molecular weight excluding hydrogens is 466 g/mol. The zero-order chi connectivity index (χ0) is 26.0. The summed E-state index contributed by atoms with van der Waals surface area (Å²) in [6.07, 6.45) is 7.17. The van der Waals surface area contributed by atoms with Gasteiger partial charge in [-0.3, -0.25) is 9.58 Å². The molecule has 37 heavy (non-hydrogen) atoms. The van der Waals surface area contributed by atoms with Crippen molar-refractivity contribution in [1.82, 2.24) is 19.6 Å². The van der Waals surface area contributed by atoms with Gasteiger partial charge in [0.05, 0.1) is 25.3 Å². The van der Waals surface area contributed by atoms with E-state index in [4.69, 9.17) is 14.6 Å². The highest BCUT2D eigenvalue weighted by Crippen LogP contribution is 2.63. The lowest BCUT2D eigenvalue weighted by Crippen LogP contribution is -2.64. The van der Waals surface area contributed by atoms with Gasteiger partial charge in [-0.1, -0.05) is 0 Å². The largest absolute Gasteiger partial charge is 0.444 e. The molecule has 0 radical (unpaired) electrons. The minimum Gasteiger partial charge on any atom is -0.444 e. The van der Waals surface area contributed by atoms with Crippen molar-refractivity contribution in [3.8, 4) is 0 Å². The van der Waals surface area contributed by atoms with Crippen LogP contribution in [0, 0.1) is 18.3 Å². The van der Waals surface area contributed by atoms with E-state index in [9.17, 15) is 4.79 Å². The molecule has 204 valence electrons. The van der Waals surface area contributed by atoms with E-state index in [1.807, 2.05) is 25.7 Å². The van der Waals surface area contributed by atoms with E-state index < -0.39 is 5.60 Å². The van der Waals surface area contributed by atoms with Gasteiger partial charge in [0.2, 0.25) is 0 Å². The molecule has 1 amide bonds. The number of ether oxygens (including phenoxy) is 2. The van der Waals surface area contributed by atoms with Crippen LogP contribution in [-0.2, 0) is 9.47 Å². The number of rotatable bonds is 3. The number of likely N-dealkylation sites (tertiary alicyclic amines) is 1. The minimum atomic E-state index is -0.436. The van der Waals surface area contributed by atoms with Crippen LogP contribution in [0.3, 0.4) is 0 Å². The number of nitrogens with zero attached hydrogens (tertiary/aromatic N) is 5. The molecule has 5 unspecified atom stereocenters. The third kappa shape index (κ3) is 3.60. The van der Waals surface area contributed by atoms with Gasteiger partial charge in [-0.2, -0.15) is 5.10 Å². The first-order chi connectivity index (χ1) is 17.4. The molecule has 7 rings (SSSR count). The predicted molar refractivity (Wildman–Crippen MR) is 142 cm³/mol. The van der Waals surface area contributed by atoms with E-state index in [2.05, 4.69) is 41.3 Å². The van der Waals surface area contributed by atoms with Gasteiger partial charge < -0.3 is 19.3 Å². The van der Waals surface area contributed by atoms with E-state index in [0.29, 0.717) is 23.7 Å². The quantitative estimate of drug-likeness (QED) is 0.562. The molecule has 5 heterocycles. The number of carbonyl (C=O) groups excluding carboxylic acids is 1. The first-order valence-electron chi connectivity index (χ1n) is 14.6. The summed E-state index contributed by atoms with van der Waals surface area (Å²) in [7, 11) is 0. The molecule has 0 N–H and O–H groups in total. The van der Waals surface area contributed by atoms with Crippen LogP contribution in [0.2, 0.25) is 0 Å². The molecule has 6 aliphatic rings. The van der Waals surface area contributed by atoms with Gasteiger partial charge in [0, 0.05) is 59.8 Å². The van der Waals surface area contributed by atoms with E-state index in [1.165, 1.54) is 31.4 Å². The van der Waals surface area contributed by atoms with Gasteiger partial charge in [-0.05, 0) is 80.1 Å². The Hall–Kier alpha value is -1.80. The monoisotopic (exact) mass is 511 g/mol. The van der Waals surface area contributed by atoms with Gasteiger partial charge in [-0.15, -0.1) is 0 Å².